The molecule has 0 radical (unpaired) electrons. The van der Waals surface area contributed by atoms with Crippen LogP contribution in [0.25, 0.3) is 0 Å². The second-order valence-corrected chi connectivity index (χ2v) is 5.10. The van der Waals surface area contributed by atoms with E-state index in [2.05, 4.69) is 0 Å². The van der Waals surface area contributed by atoms with Gasteiger partial charge >= 0.3 is 0 Å². The molecule has 1 aromatic rings. The highest BCUT2D eigenvalue weighted by atomic mass is 32.1. The molecule has 6 nitrogen and oxygen atoms in total. The van der Waals surface area contributed by atoms with Gasteiger partial charge < -0.3 is 21.3 Å². The summed E-state index contributed by atoms with van der Waals surface area (Å²) in [6.45, 7) is 2.63. The molecule has 1 heterocycles. The Hall–Kier alpha value is -1.76. The lowest BCUT2D eigenvalue weighted by Gasteiger charge is -2.15. The van der Waals surface area contributed by atoms with Crippen molar-refractivity contribution in [3.63, 3.8) is 0 Å². The number of carbonyl (C=O) groups is 2. The van der Waals surface area contributed by atoms with Crippen LogP contribution in [0.3, 0.4) is 0 Å². The highest BCUT2D eigenvalue weighted by Crippen LogP contribution is 2.37. The highest BCUT2D eigenvalue weighted by molar-refractivity contribution is 7.19. The van der Waals surface area contributed by atoms with Gasteiger partial charge in [0.05, 0.1) is 11.3 Å². The number of nitrogen functional groups attached to an aromatic ring is 1. The first kappa shape index (κ1) is 14.3. The molecule has 0 unspecified atom stereocenters. The van der Waals surface area contributed by atoms with Gasteiger partial charge in [-0.25, -0.2) is 0 Å². The molecule has 0 saturated heterocycles. The molecule has 18 heavy (non-hydrogen) atoms. The van der Waals surface area contributed by atoms with E-state index in [-0.39, 0.29) is 17.2 Å². The lowest BCUT2D eigenvalue weighted by Crippen LogP contribution is -2.22. The number of hydrogen-bond acceptors (Lipinski definition) is 5. The smallest absolute Gasteiger partial charge is 0.265 e. The minimum atomic E-state index is -0.614. The monoisotopic (exact) mass is 270 g/mol. The van der Waals surface area contributed by atoms with Gasteiger partial charge in [-0.15, -0.1) is 11.3 Å². The summed E-state index contributed by atoms with van der Waals surface area (Å²) in [6.07, 6.45) is 0. The molecule has 2 amide bonds. The fraction of sp³-hybridized carbons (Fsp3) is 0.455. The second-order valence-electron chi connectivity index (χ2n) is 4.10. The van der Waals surface area contributed by atoms with Crippen molar-refractivity contribution < 1.29 is 9.59 Å². The fourth-order valence-corrected chi connectivity index (χ4v) is 2.72. The summed E-state index contributed by atoms with van der Waals surface area (Å²) in [5.74, 6) is -0.840. The predicted molar refractivity (Wildman–Crippen MR) is 74.2 cm³/mol. The van der Waals surface area contributed by atoms with Crippen molar-refractivity contribution in [2.75, 3.05) is 38.3 Å². The predicted octanol–water partition coefficient (Wildman–Crippen LogP) is 0.587. The van der Waals surface area contributed by atoms with Crippen LogP contribution in [0.2, 0.25) is 0 Å². The number of primary amides is 1. The normalized spacial score (nSPS) is 10.2. The molecule has 0 atom stereocenters. The molecule has 0 aliphatic rings. The van der Waals surface area contributed by atoms with E-state index >= 15 is 0 Å². The lowest BCUT2D eigenvalue weighted by atomic mass is 10.2. The zero-order chi connectivity index (χ0) is 14.0. The first-order chi connectivity index (χ1) is 8.31. The summed E-state index contributed by atoms with van der Waals surface area (Å²) < 4.78 is 0. The Kier molecular flexibility index (Phi) is 4.18. The topological polar surface area (TPSA) is 92.7 Å². The van der Waals surface area contributed by atoms with Crippen molar-refractivity contribution in [3.8, 4) is 0 Å². The number of anilines is 2. The SMILES string of the molecule is CCN(C)c1sc(C(=O)N(C)C)c(N)c1C(N)=O. The van der Waals surface area contributed by atoms with E-state index in [1.807, 2.05) is 18.9 Å². The summed E-state index contributed by atoms with van der Waals surface area (Å²) in [6, 6.07) is 0. The summed E-state index contributed by atoms with van der Waals surface area (Å²) in [4.78, 5) is 27.0. The zero-order valence-corrected chi connectivity index (χ0v) is 11.8. The van der Waals surface area contributed by atoms with Crippen molar-refractivity contribution in [2.24, 2.45) is 5.73 Å². The van der Waals surface area contributed by atoms with Crippen molar-refractivity contribution in [1.82, 2.24) is 4.90 Å². The quantitative estimate of drug-likeness (QED) is 0.837. The average molecular weight is 270 g/mol. The molecule has 0 saturated carbocycles. The fourth-order valence-electron chi connectivity index (χ4n) is 1.44. The molecule has 0 aromatic carbocycles. The Balaban J connectivity index is 3.41. The summed E-state index contributed by atoms with van der Waals surface area (Å²) >= 11 is 1.19. The lowest BCUT2D eigenvalue weighted by molar-refractivity contribution is 0.0833. The molecule has 100 valence electrons. The molecule has 0 spiro atoms. The second kappa shape index (κ2) is 5.26. The maximum atomic E-state index is 12.0. The third-order valence-corrected chi connectivity index (χ3v) is 3.90. The van der Waals surface area contributed by atoms with Gasteiger partial charge in [-0.2, -0.15) is 0 Å². The molecular weight excluding hydrogens is 252 g/mol. The average Bonchev–Trinajstić information content (AvgIpc) is 2.64. The van der Waals surface area contributed by atoms with E-state index < -0.39 is 5.91 Å². The Morgan fingerprint density at radius 1 is 1.28 bits per heavy atom. The van der Waals surface area contributed by atoms with E-state index in [1.165, 1.54) is 16.2 Å². The molecule has 0 aliphatic carbocycles. The van der Waals surface area contributed by atoms with Crippen LogP contribution in [0.4, 0.5) is 10.7 Å². The van der Waals surface area contributed by atoms with E-state index in [0.29, 0.717) is 16.4 Å². The molecule has 1 aromatic heterocycles. The van der Waals surface area contributed by atoms with E-state index in [1.54, 1.807) is 14.1 Å². The Labute approximate surface area is 110 Å². The maximum Gasteiger partial charge on any atom is 0.265 e. The summed E-state index contributed by atoms with van der Waals surface area (Å²) in [7, 11) is 5.09. The number of hydrogen-bond donors (Lipinski definition) is 2. The largest absolute Gasteiger partial charge is 0.397 e. The van der Waals surface area contributed by atoms with Gasteiger partial charge in [0.1, 0.15) is 9.88 Å². The van der Waals surface area contributed by atoms with Crippen molar-refractivity contribution in [3.05, 3.63) is 10.4 Å². The standard InChI is InChI=1S/C11H18N4O2S/c1-5-15(4)11-6(9(13)16)7(12)8(18-11)10(17)14(2)3/h5,12H2,1-4H3,(H2,13,16). The summed E-state index contributed by atoms with van der Waals surface area (Å²) in [5.41, 5.74) is 11.6. The van der Waals surface area contributed by atoms with Gasteiger partial charge in [-0.05, 0) is 6.92 Å². The highest BCUT2D eigenvalue weighted by Gasteiger charge is 2.26. The van der Waals surface area contributed by atoms with E-state index in [4.69, 9.17) is 11.5 Å². The molecule has 0 fully saturated rings. The van der Waals surface area contributed by atoms with Crippen LogP contribution in [0.15, 0.2) is 0 Å². The van der Waals surface area contributed by atoms with Crippen LogP contribution in [0.5, 0.6) is 0 Å². The van der Waals surface area contributed by atoms with Crippen molar-refractivity contribution in [2.45, 2.75) is 6.92 Å². The van der Waals surface area contributed by atoms with E-state index in [9.17, 15) is 9.59 Å². The molecule has 0 bridgehead atoms. The number of nitrogens with zero attached hydrogens (tertiary/aromatic N) is 2. The third kappa shape index (κ3) is 2.40. The van der Waals surface area contributed by atoms with Crippen LogP contribution in [-0.2, 0) is 0 Å². The van der Waals surface area contributed by atoms with Gasteiger partial charge in [-0.3, -0.25) is 9.59 Å². The zero-order valence-electron chi connectivity index (χ0n) is 11.0. The van der Waals surface area contributed by atoms with Crippen molar-refractivity contribution >= 4 is 33.8 Å². The van der Waals surface area contributed by atoms with E-state index in [0.717, 1.165) is 0 Å². The van der Waals surface area contributed by atoms with Crippen LogP contribution in [-0.4, -0.2) is 44.4 Å². The number of rotatable bonds is 4. The first-order valence-electron chi connectivity index (χ1n) is 5.46. The number of amides is 2. The first-order valence-corrected chi connectivity index (χ1v) is 6.27. The van der Waals surface area contributed by atoms with Crippen LogP contribution in [0.1, 0.15) is 27.0 Å². The van der Waals surface area contributed by atoms with Gasteiger partial charge in [0, 0.05) is 27.7 Å². The van der Waals surface area contributed by atoms with Crippen LogP contribution < -0.4 is 16.4 Å². The van der Waals surface area contributed by atoms with Gasteiger partial charge in [-0.1, -0.05) is 0 Å². The third-order valence-electron chi connectivity index (χ3n) is 2.59. The van der Waals surface area contributed by atoms with Crippen molar-refractivity contribution in [1.29, 1.82) is 0 Å². The molecule has 1 rings (SSSR count). The molecule has 0 aliphatic heterocycles. The van der Waals surface area contributed by atoms with Gasteiger partial charge in [0.15, 0.2) is 0 Å². The van der Waals surface area contributed by atoms with Crippen LogP contribution >= 0.6 is 11.3 Å². The number of nitrogens with two attached hydrogens (primary N) is 2. The Morgan fingerprint density at radius 2 is 1.83 bits per heavy atom. The number of thiophene rings is 1. The minimum Gasteiger partial charge on any atom is -0.397 e. The molecule has 7 heteroatoms. The number of carbonyl (C=O) groups excluding carboxylic acids is 2. The molecular formula is C11H18N4O2S. The molecule has 4 N–H and O–H groups in total. The van der Waals surface area contributed by atoms with Gasteiger partial charge in [0.25, 0.3) is 11.8 Å². The Bertz CT molecular complexity index is 482. The maximum absolute atomic E-state index is 12.0. The van der Waals surface area contributed by atoms with Gasteiger partial charge in [0.2, 0.25) is 0 Å². The summed E-state index contributed by atoms with van der Waals surface area (Å²) in [5, 5.41) is 0.632. The van der Waals surface area contributed by atoms with Crippen LogP contribution in [0, 0.1) is 0 Å². The minimum absolute atomic E-state index is 0.168. The Morgan fingerprint density at radius 3 is 2.22 bits per heavy atom.